The fraction of sp³-hybridized carbons (Fsp3) is 0.286. The highest BCUT2D eigenvalue weighted by atomic mass is 32.1. The molecule has 0 bridgehead atoms. The number of para-hydroxylation sites is 2. The molecule has 1 aliphatic rings. The Morgan fingerprint density at radius 1 is 1.29 bits per heavy atom. The van der Waals surface area contributed by atoms with Gasteiger partial charge in [0.25, 0.3) is 0 Å². The molecule has 1 unspecified atom stereocenters. The van der Waals surface area contributed by atoms with Gasteiger partial charge in [0.2, 0.25) is 11.8 Å². The molecule has 0 spiro atoms. The third-order valence-corrected chi connectivity index (χ3v) is 6.10. The second-order valence-electron chi connectivity index (χ2n) is 7.06. The molecule has 142 valence electrons. The molecule has 1 N–H and O–H groups in total. The van der Waals surface area contributed by atoms with Crippen LogP contribution in [-0.4, -0.2) is 32.3 Å². The second kappa shape index (κ2) is 6.91. The Balaban J connectivity index is 1.37. The summed E-state index contributed by atoms with van der Waals surface area (Å²) >= 11 is 1.58. The van der Waals surface area contributed by atoms with Gasteiger partial charge in [-0.25, -0.2) is 9.97 Å². The van der Waals surface area contributed by atoms with Crippen molar-refractivity contribution in [3.05, 3.63) is 59.1 Å². The van der Waals surface area contributed by atoms with Crippen molar-refractivity contribution in [2.24, 2.45) is 0 Å². The Labute approximate surface area is 166 Å². The number of H-pyrrole nitrogens is 1. The summed E-state index contributed by atoms with van der Waals surface area (Å²) in [5.41, 5.74) is 2.65. The Morgan fingerprint density at radius 2 is 2.18 bits per heavy atom. The number of nitrogens with one attached hydrogen (secondary N) is 1. The van der Waals surface area contributed by atoms with Crippen molar-refractivity contribution >= 4 is 28.3 Å². The minimum Gasteiger partial charge on any atom is -0.440 e. The Kier molecular flexibility index (Phi) is 4.24. The lowest BCUT2D eigenvalue weighted by atomic mass is 10.2. The van der Waals surface area contributed by atoms with Crippen LogP contribution in [0.2, 0.25) is 0 Å². The number of aryl methyl sites for hydroxylation is 1. The van der Waals surface area contributed by atoms with Gasteiger partial charge in [-0.3, -0.25) is 4.79 Å². The number of rotatable bonds is 4. The van der Waals surface area contributed by atoms with Gasteiger partial charge in [0.1, 0.15) is 11.6 Å². The molecule has 1 aromatic carbocycles. The van der Waals surface area contributed by atoms with E-state index in [0.717, 1.165) is 41.1 Å². The maximum atomic E-state index is 13.1. The standard InChI is InChI=1S/C21H20N4O2S/c1-13-16(24-21(27-13)18-9-5-11-28-18)12-19(26)25-10-4-8-17(25)20-22-14-6-2-3-7-15(14)23-20/h2-3,5-7,9,11,17H,4,8,10,12H2,1H3,(H,22,23). The molecule has 7 heteroatoms. The number of likely N-dealkylation sites (tertiary alicyclic amines) is 1. The largest absolute Gasteiger partial charge is 0.440 e. The lowest BCUT2D eigenvalue weighted by Crippen LogP contribution is -2.32. The van der Waals surface area contributed by atoms with Crippen molar-refractivity contribution in [3.8, 4) is 10.8 Å². The second-order valence-corrected chi connectivity index (χ2v) is 8.01. The lowest BCUT2D eigenvalue weighted by Gasteiger charge is -2.23. The monoisotopic (exact) mass is 392 g/mol. The number of imidazole rings is 1. The van der Waals surface area contributed by atoms with Crippen LogP contribution in [0.1, 0.15) is 36.2 Å². The van der Waals surface area contributed by atoms with E-state index in [1.807, 2.05) is 53.6 Å². The topological polar surface area (TPSA) is 75.0 Å². The lowest BCUT2D eigenvalue weighted by molar-refractivity contribution is -0.131. The Morgan fingerprint density at radius 3 is 3.00 bits per heavy atom. The fourth-order valence-electron chi connectivity index (χ4n) is 3.82. The summed E-state index contributed by atoms with van der Waals surface area (Å²) in [6, 6.07) is 11.9. The third-order valence-electron chi connectivity index (χ3n) is 5.24. The Hall–Kier alpha value is -2.93. The molecule has 6 nitrogen and oxygen atoms in total. The summed E-state index contributed by atoms with van der Waals surface area (Å²) in [5, 5.41) is 1.99. The van der Waals surface area contributed by atoms with Crippen LogP contribution < -0.4 is 0 Å². The first kappa shape index (κ1) is 17.2. The van der Waals surface area contributed by atoms with Crippen molar-refractivity contribution < 1.29 is 9.21 Å². The maximum Gasteiger partial charge on any atom is 0.236 e. The van der Waals surface area contributed by atoms with E-state index in [4.69, 9.17) is 9.40 Å². The van der Waals surface area contributed by atoms with E-state index < -0.39 is 0 Å². The average molecular weight is 392 g/mol. The van der Waals surface area contributed by atoms with E-state index in [2.05, 4.69) is 9.97 Å². The molecule has 0 radical (unpaired) electrons. The van der Waals surface area contributed by atoms with Crippen LogP contribution in [0.25, 0.3) is 21.8 Å². The first-order chi connectivity index (χ1) is 13.7. The number of thiophene rings is 1. The molecular formula is C21H20N4O2S. The first-order valence-corrected chi connectivity index (χ1v) is 10.3. The fourth-order valence-corrected chi connectivity index (χ4v) is 4.47. The normalized spacial score (nSPS) is 16.9. The highest BCUT2D eigenvalue weighted by Crippen LogP contribution is 2.32. The zero-order valence-electron chi connectivity index (χ0n) is 15.5. The number of carbonyl (C=O) groups is 1. The molecule has 0 aliphatic carbocycles. The minimum absolute atomic E-state index is 0.0103. The van der Waals surface area contributed by atoms with Crippen molar-refractivity contribution in [1.82, 2.24) is 19.9 Å². The number of hydrogen-bond acceptors (Lipinski definition) is 5. The number of nitrogens with zero attached hydrogens (tertiary/aromatic N) is 3. The van der Waals surface area contributed by atoms with Crippen LogP contribution in [-0.2, 0) is 11.2 Å². The molecule has 1 amide bonds. The number of benzene rings is 1. The third kappa shape index (κ3) is 3.01. The van der Waals surface area contributed by atoms with Crippen LogP contribution in [0.3, 0.4) is 0 Å². The average Bonchev–Trinajstić information content (AvgIpc) is 3.47. The van der Waals surface area contributed by atoms with E-state index in [0.29, 0.717) is 17.3 Å². The molecule has 3 aromatic heterocycles. The predicted molar refractivity (Wildman–Crippen MR) is 108 cm³/mol. The smallest absolute Gasteiger partial charge is 0.236 e. The van der Waals surface area contributed by atoms with E-state index in [1.165, 1.54) is 0 Å². The van der Waals surface area contributed by atoms with Gasteiger partial charge in [-0.1, -0.05) is 18.2 Å². The van der Waals surface area contributed by atoms with Crippen molar-refractivity contribution in [1.29, 1.82) is 0 Å². The molecule has 4 heterocycles. The molecule has 1 atom stereocenters. The van der Waals surface area contributed by atoms with Gasteiger partial charge in [-0.05, 0) is 43.3 Å². The van der Waals surface area contributed by atoms with Gasteiger partial charge < -0.3 is 14.3 Å². The van der Waals surface area contributed by atoms with E-state index in [9.17, 15) is 4.79 Å². The summed E-state index contributed by atoms with van der Waals surface area (Å²) in [4.78, 5) is 28.6. The number of oxazole rings is 1. The predicted octanol–water partition coefficient (Wildman–Crippen LogP) is 4.49. The number of aromatic nitrogens is 3. The SMILES string of the molecule is Cc1oc(-c2cccs2)nc1CC(=O)N1CCCC1c1nc2ccccc2[nH]1. The first-order valence-electron chi connectivity index (χ1n) is 9.43. The summed E-state index contributed by atoms with van der Waals surface area (Å²) in [6.45, 7) is 2.61. The van der Waals surface area contributed by atoms with Gasteiger partial charge in [0.15, 0.2) is 0 Å². The zero-order chi connectivity index (χ0) is 19.1. The minimum atomic E-state index is -0.0103. The molecule has 28 heavy (non-hydrogen) atoms. The zero-order valence-corrected chi connectivity index (χ0v) is 16.3. The molecule has 1 saturated heterocycles. The van der Waals surface area contributed by atoms with Crippen LogP contribution >= 0.6 is 11.3 Å². The van der Waals surface area contributed by atoms with Crippen LogP contribution in [0.4, 0.5) is 0 Å². The summed E-state index contributed by atoms with van der Waals surface area (Å²) in [7, 11) is 0. The highest BCUT2D eigenvalue weighted by Gasteiger charge is 2.32. The van der Waals surface area contributed by atoms with Crippen molar-refractivity contribution in [3.63, 3.8) is 0 Å². The van der Waals surface area contributed by atoms with Gasteiger partial charge in [0.05, 0.1) is 34.1 Å². The number of hydrogen-bond donors (Lipinski definition) is 1. The van der Waals surface area contributed by atoms with E-state index in [1.54, 1.807) is 11.3 Å². The molecule has 4 aromatic rings. The van der Waals surface area contributed by atoms with Crippen LogP contribution in [0.15, 0.2) is 46.2 Å². The van der Waals surface area contributed by atoms with Gasteiger partial charge in [0, 0.05) is 6.54 Å². The highest BCUT2D eigenvalue weighted by molar-refractivity contribution is 7.13. The van der Waals surface area contributed by atoms with Gasteiger partial charge in [-0.2, -0.15) is 0 Å². The molecule has 1 fully saturated rings. The van der Waals surface area contributed by atoms with E-state index in [-0.39, 0.29) is 18.4 Å². The number of carbonyl (C=O) groups excluding carboxylic acids is 1. The van der Waals surface area contributed by atoms with Crippen LogP contribution in [0, 0.1) is 6.92 Å². The molecular weight excluding hydrogens is 372 g/mol. The van der Waals surface area contributed by atoms with Crippen molar-refractivity contribution in [2.45, 2.75) is 32.2 Å². The van der Waals surface area contributed by atoms with Gasteiger partial charge >= 0.3 is 0 Å². The summed E-state index contributed by atoms with van der Waals surface area (Å²) < 4.78 is 5.78. The number of fused-ring (bicyclic) bond motifs is 1. The number of aromatic amines is 1. The molecule has 5 rings (SSSR count). The van der Waals surface area contributed by atoms with Crippen LogP contribution in [0.5, 0.6) is 0 Å². The maximum absolute atomic E-state index is 13.1. The number of amides is 1. The summed E-state index contributed by atoms with van der Waals surface area (Å²) in [6.07, 6.45) is 2.15. The Bertz CT molecular complexity index is 1100. The molecule has 0 saturated carbocycles. The van der Waals surface area contributed by atoms with E-state index >= 15 is 0 Å². The molecule has 1 aliphatic heterocycles. The summed E-state index contributed by atoms with van der Waals surface area (Å²) in [5.74, 6) is 2.22. The van der Waals surface area contributed by atoms with Gasteiger partial charge in [-0.15, -0.1) is 11.3 Å². The van der Waals surface area contributed by atoms with Crippen molar-refractivity contribution in [2.75, 3.05) is 6.54 Å². The quantitative estimate of drug-likeness (QED) is 0.555.